The quantitative estimate of drug-likeness (QED) is 0.101. The van der Waals surface area contributed by atoms with Gasteiger partial charge in [-0.3, -0.25) is 33.8 Å². The molecule has 0 spiro atoms. The number of hydrogen-bond donors (Lipinski definition) is 3. The highest BCUT2D eigenvalue weighted by molar-refractivity contribution is 7.85. The van der Waals surface area contributed by atoms with E-state index in [0.717, 1.165) is 0 Å². The molecular formula is C29H40N4O9S. The van der Waals surface area contributed by atoms with Crippen molar-refractivity contribution in [2.45, 2.75) is 71.1 Å². The van der Waals surface area contributed by atoms with Gasteiger partial charge in [-0.15, -0.1) is 0 Å². The zero-order chi connectivity index (χ0) is 32.4. The Morgan fingerprint density at radius 3 is 2.40 bits per heavy atom. The standard InChI is InChI=1S/C29H40N4O9S/c1-20-9-12-27(36)32(20)16-7-5-6-8-23(34)18-21(14-17-43(40,41)42)28(37)30-15-13-26(35)31-22-10-11-24(29(2,3)4)25(19-22)33(38)39/h9-12,19,21H,1,5-8,13-18H2,2-4H3,(H,30,37)(H,31,35)(H,40,41,42)/t21-/m1/s1. The summed E-state index contributed by atoms with van der Waals surface area (Å²) in [6.07, 6.45) is 4.37. The minimum Gasteiger partial charge on any atom is -0.355 e. The average molecular weight is 621 g/mol. The van der Waals surface area contributed by atoms with Crippen molar-refractivity contribution in [1.29, 1.82) is 0 Å². The first-order valence-corrected chi connectivity index (χ1v) is 15.6. The summed E-state index contributed by atoms with van der Waals surface area (Å²) in [5.41, 5.74) is 0.738. The van der Waals surface area contributed by atoms with Crippen molar-refractivity contribution in [3.05, 3.63) is 58.3 Å². The number of hydrogen-bond acceptors (Lipinski definition) is 8. The number of allylic oxidation sites excluding steroid dienone is 1. The topological polar surface area (TPSA) is 193 Å². The summed E-state index contributed by atoms with van der Waals surface area (Å²) in [6, 6.07) is 4.41. The van der Waals surface area contributed by atoms with Crippen LogP contribution in [0.25, 0.3) is 0 Å². The number of nitrogens with one attached hydrogen (secondary N) is 2. The summed E-state index contributed by atoms with van der Waals surface area (Å²) < 4.78 is 31.7. The van der Waals surface area contributed by atoms with E-state index in [1.54, 1.807) is 23.1 Å². The van der Waals surface area contributed by atoms with Gasteiger partial charge in [0, 0.05) is 67.4 Å². The molecule has 0 saturated carbocycles. The van der Waals surface area contributed by atoms with Gasteiger partial charge in [-0.2, -0.15) is 8.42 Å². The van der Waals surface area contributed by atoms with Crippen molar-refractivity contribution in [1.82, 2.24) is 10.2 Å². The Morgan fingerprint density at radius 1 is 1.12 bits per heavy atom. The normalized spacial score (nSPS) is 14.1. The van der Waals surface area contributed by atoms with E-state index in [2.05, 4.69) is 17.2 Å². The number of carbonyl (C=O) groups excluding carboxylic acids is 4. The van der Waals surface area contributed by atoms with E-state index in [-0.39, 0.29) is 55.3 Å². The van der Waals surface area contributed by atoms with Crippen molar-refractivity contribution >= 4 is 45.0 Å². The first kappa shape index (κ1) is 35.3. The van der Waals surface area contributed by atoms with Crippen LogP contribution in [-0.2, 0) is 34.7 Å². The van der Waals surface area contributed by atoms with Crippen LogP contribution in [0.5, 0.6) is 0 Å². The van der Waals surface area contributed by atoms with Crippen molar-refractivity contribution < 1.29 is 37.1 Å². The minimum atomic E-state index is -4.37. The van der Waals surface area contributed by atoms with Crippen molar-refractivity contribution in [2.24, 2.45) is 5.92 Å². The van der Waals surface area contributed by atoms with Crippen LogP contribution in [0.1, 0.15) is 71.3 Å². The van der Waals surface area contributed by atoms with Gasteiger partial charge in [-0.05, 0) is 42.9 Å². The monoisotopic (exact) mass is 620 g/mol. The smallest absolute Gasteiger partial charge is 0.275 e. The third kappa shape index (κ3) is 12.1. The van der Waals surface area contributed by atoms with Gasteiger partial charge in [0.2, 0.25) is 11.8 Å². The number of ketones is 1. The fourth-order valence-electron chi connectivity index (χ4n) is 4.57. The number of anilines is 1. The van der Waals surface area contributed by atoms with Gasteiger partial charge < -0.3 is 15.5 Å². The lowest BCUT2D eigenvalue weighted by atomic mass is 9.85. The van der Waals surface area contributed by atoms with Crippen LogP contribution in [0.3, 0.4) is 0 Å². The first-order valence-electron chi connectivity index (χ1n) is 14.0. The Labute approximate surface area is 251 Å². The second-order valence-corrected chi connectivity index (χ2v) is 13.0. The molecule has 0 unspecified atom stereocenters. The molecule has 0 saturated heterocycles. The number of carbonyl (C=O) groups is 4. The van der Waals surface area contributed by atoms with Crippen LogP contribution in [0.15, 0.2) is 42.6 Å². The van der Waals surface area contributed by atoms with Gasteiger partial charge in [0.05, 0.1) is 10.7 Å². The molecule has 1 aromatic carbocycles. The molecule has 13 nitrogen and oxygen atoms in total. The van der Waals surface area contributed by atoms with Crippen molar-refractivity contribution in [3.63, 3.8) is 0 Å². The molecule has 1 heterocycles. The molecule has 0 fully saturated rings. The minimum absolute atomic E-state index is 0.126. The van der Waals surface area contributed by atoms with E-state index in [9.17, 15) is 37.7 Å². The second kappa shape index (κ2) is 15.5. The van der Waals surface area contributed by atoms with Gasteiger partial charge in [0.15, 0.2) is 0 Å². The van der Waals surface area contributed by atoms with Crippen molar-refractivity contribution in [2.75, 3.05) is 24.2 Å². The fraction of sp³-hybridized carbons (Fsp3) is 0.517. The Hall–Kier alpha value is -3.91. The SMILES string of the molecule is C=C1C=CC(=O)N1CCCCCC(=O)C[C@@H](CCS(=O)(=O)O)C(=O)NCCC(=O)Nc1ccc(C(C)(C)C)c([N+](=O)[O-])c1. The van der Waals surface area contributed by atoms with E-state index in [1.807, 2.05) is 20.8 Å². The maximum atomic E-state index is 12.8. The largest absolute Gasteiger partial charge is 0.355 e. The molecule has 1 atom stereocenters. The average Bonchev–Trinajstić information content (AvgIpc) is 3.21. The number of benzene rings is 1. The number of amides is 3. The van der Waals surface area contributed by atoms with Gasteiger partial charge in [-0.25, -0.2) is 0 Å². The zero-order valence-corrected chi connectivity index (χ0v) is 25.6. The Bertz CT molecular complexity index is 1360. The highest BCUT2D eigenvalue weighted by Crippen LogP contribution is 2.33. The molecule has 0 radical (unpaired) electrons. The first-order chi connectivity index (χ1) is 20.0. The highest BCUT2D eigenvalue weighted by atomic mass is 32.2. The molecule has 0 bridgehead atoms. The molecule has 0 aromatic heterocycles. The molecule has 43 heavy (non-hydrogen) atoms. The number of unbranched alkanes of at least 4 members (excludes halogenated alkanes) is 2. The predicted octanol–water partition coefficient (Wildman–Crippen LogP) is 3.66. The van der Waals surface area contributed by atoms with Crippen molar-refractivity contribution in [3.8, 4) is 0 Å². The Balaban J connectivity index is 1.85. The third-order valence-electron chi connectivity index (χ3n) is 6.87. The van der Waals surface area contributed by atoms with Crippen LogP contribution in [-0.4, -0.2) is 65.1 Å². The number of rotatable bonds is 17. The van der Waals surface area contributed by atoms with E-state index in [0.29, 0.717) is 37.1 Å². The summed E-state index contributed by atoms with van der Waals surface area (Å²) in [5, 5.41) is 16.6. The number of nitro groups is 1. The molecule has 2 rings (SSSR count). The molecule has 3 amide bonds. The van der Waals surface area contributed by atoms with Crippen LogP contribution in [0.2, 0.25) is 0 Å². The maximum Gasteiger partial charge on any atom is 0.275 e. The third-order valence-corrected chi connectivity index (χ3v) is 7.63. The summed E-state index contributed by atoms with van der Waals surface area (Å²) >= 11 is 0. The molecule has 1 aliphatic heterocycles. The van der Waals surface area contributed by atoms with Gasteiger partial charge in [0.25, 0.3) is 21.7 Å². The van der Waals surface area contributed by atoms with Crippen LogP contribution in [0, 0.1) is 16.0 Å². The van der Waals surface area contributed by atoms with E-state index >= 15 is 0 Å². The predicted molar refractivity (Wildman–Crippen MR) is 161 cm³/mol. The summed E-state index contributed by atoms with van der Waals surface area (Å²) in [7, 11) is -4.37. The number of nitrogens with zero attached hydrogens (tertiary/aromatic N) is 2. The number of Topliss-reactive ketones (excluding diaryl/α,β-unsaturated/α-hetero) is 1. The van der Waals surface area contributed by atoms with E-state index in [4.69, 9.17) is 4.55 Å². The number of nitro benzene ring substituents is 1. The molecule has 0 aliphatic carbocycles. The van der Waals surface area contributed by atoms with Gasteiger partial charge in [-0.1, -0.05) is 33.8 Å². The van der Waals surface area contributed by atoms with Crippen LogP contribution < -0.4 is 10.6 Å². The summed E-state index contributed by atoms with van der Waals surface area (Å²) in [4.78, 5) is 62.0. The van der Waals surface area contributed by atoms with E-state index in [1.165, 1.54) is 12.1 Å². The highest BCUT2D eigenvalue weighted by Gasteiger charge is 2.26. The molecule has 1 aliphatic rings. The lowest BCUT2D eigenvalue weighted by Gasteiger charge is -2.19. The molecule has 14 heteroatoms. The lowest BCUT2D eigenvalue weighted by molar-refractivity contribution is -0.385. The van der Waals surface area contributed by atoms with Gasteiger partial charge in [0.1, 0.15) is 5.78 Å². The second-order valence-electron chi connectivity index (χ2n) is 11.5. The fourth-order valence-corrected chi connectivity index (χ4v) is 5.15. The van der Waals surface area contributed by atoms with Crippen LogP contribution >= 0.6 is 0 Å². The Kier molecular flexibility index (Phi) is 12.7. The van der Waals surface area contributed by atoms with Gasteiger partial charge >= 0.3 is 0 Å². The molecular weight excluding hydrogens is 580 g/mol. The maximum absolute atomic E-state index is 12.8. The molecule has 1 aromatic rings. The Morgan fingerprint density at radius 2 is 1.81 bits per heavy atom. The molecule has 3 N–H and O–H groups in total. The summed E-state index contributed by atoms with van der Waals surface area (Å²) in [5.74, 6) is -3.26. The van der Waals surface area contributed by atoms with Crippen LogP contribution in [0.4, 0.5) is 11.4 Å². The zero-order valence-electron chi connectivity index (χ0n) is 24.8. The lowest BCUT2D eigenvalue weighted by Crippen LogP contribution is -2.35. The van der Waals surface area contributed by atoms with E-state index < -0.39 is 43.9 Å². The summed E-state index contributed by atoms with van der Waals surface area (Å²) in [6.45, 7) is 9.65. The molecule has 236 valence electrons.